The third kappa shape index (κ3) is 1.92. The van der Waals surface area contributed by atoms with Crippen molar-refractivity contribution in [3.8, 4) is 12.1 Å². The number of thiol groups is 1. The monoisotopic (exact) mass is 254 g/mol. The van der Waals surface area contributed by atoms with Crippen molar-refractivity contribution in [3.05, 3.63) is 57.9 Å². The minimum absolute atomic E-state index is 0.246. The molecule has 5 heteroatoms. The van der Waals surface area contributed by atoms with Crippen LogP contribution in [0.5, 0.6) is 0 Å². The topological polar surface area (TPSA) is 85.6 Å². The van der Waals surface area contributed by atoms with Gasteiger partial charge in [0.1, 0.15) is 5.82 Å². The standard InChI is InChI=1S/C13H10N4S/c14-6-9-11(8-4-2-1-3-5-8)10(7-15)13(18)17-12(9)16/h1-5,11,17-18H,16H2. The summed E-state index contributed by atoms with van der Waals surface area (Å²) >= 11 is 4.21. The average Bonchev–Trinajstić information content (AvgIpc) is 2.39. The first-order chi connectivity index (χ1) is 8.69. The van der Waals surface area contributed by atoms with Crippen LogP contribution < -0.4 is 11.1 Å². The molecule has 1 unspecified atom stereocenters. The van der Waals surface area contributed by atoms with E-state index in [1.807, 2.05) is 30.3 Å². The van der Waals surface area contributed by atoms with Crippen molar-refractivity contribution in [1.82, 2.24) is 5.32 Å². The van der Waals surface area contributed by atoms with Gasteiger partial charge in [0.05, 0.1) is 34.2 Å². The van der Waals surface area contributed by atoms with E-state index in [4.69, 9.17) is 5.73 Å². The Hall–Kier alpha value is -2.37. The molecule has 0 aliphatic carbocycles. The molecule has 0 bridgehead atoms. The fraction of sp³-hybridized carbons (Fsp3) is 0.0769. The van der Waals surface area contributed by atoms with Crippen LogP contribution in [0, 0.1) is 22.7 Å². The summed E-state index contributed by atoms with van der Waals surface area (Å²) in [6.07, 6.45) is 0. The smallest absolute Gasteiger partial charge is 0.116 e. The van der Waals surface area contributed by atoms with Gasteiger partial charge in [-0.05, 0) is 5.56 Å². The Morgan fingerprint density at radius 1 is 1.11 bits per heavy atom. The number of nitrogens with one attached hydrogen (secondary N) is 1. The maximum Gasteiger partial charge on any atom is 0.116 e. The van der Waals surface area contributed by atoms with Crippen molar-refractivity contribution in [3.63, 3.8) is 0 Å². The predicted octanol–water partition coefficient (Wildman–Crippen LogP) is 1.73. The third-order valence-corrected chi connectivity index (χ3v) is 3.10. The number of hydrogen-bond acceptors (Lipinski definition) is 5. The maximum absolute atomic E-state index is 9.22. The summed E-state index contributed by atoms with van der Waals surface area (Å²) in [5, 5.41) is 21.6. The van der Waals surface area contributed by atoms with Crippen molar-refractivity contribution in [2.75, 3.05) is 0 Å². The number of nitriles is 2. The second kappa shape index (κ2) is 4.87. The maximum atomic E-state index is 9.22. The second-order valence-corrected chi connectivity index (χ2v) is 4.23. The normalized spacial score (nSPS) is 18.9. The molecule has 0 spiro atoms. The Kier molecular flexibility index (Phi) is 3.27. The van der Waals surface area contributed by atoms with Gasteiger partial charge in [-0.25, -0.2) is 0 Å². The van der Waals surface area contributed by atoms with Gasteiger partial charge in [-0.3, -0.25) is 0 Å². The van der Waals surface area contributed by atoms with Gasteiger partial charge in [-0.2, -0.15) is 10.5 Å². The second-order valence-electron chi connectivity index (χ2n) is 3.78. The van der Waals surface area contributed by atoms with Crippen molar-refractivity contribution < 1.29 is 0 Å². The van der Waals surface area contributed by atoms with Crippen LogP contribution in [0.2, 0.25) is 0 Å². The van der Waals surface area contributed by atoms with Crippen molar-refractivity contribution in [2.24, 2.45) is 5.73 Å². The quantitative estimate of drug-likeness (QED) is 0.666. The molecule has 18 heavy (non-hydrogen) atoms. The van der Waals surface area contributed by atoms with Gasteiger partial charge in [-0.15, -0.1) is 12.6 Å². The van der Waals surface area contributed by atoms with E-state index in [0.29, 0.717) is 16.2 Å². The van der Waals surface area contributed by atoms with Crippen LogP contribution in [0.4, 0.5) is 0 Å². The first-order valence-electron chi connectivity index (χ1n) is 5.24. The molecule has 88 valence electrons. The zero-order chi connectivity index (χ0) is 13.1. The summed E-state index contributed by atoms with van der Waals surface area (Å²) in [4.78, 5) is 0. The lowest BCUT2D eigenvalue weighted by atomic mass is 9.84. The van der Waals surface area contributed by atoms with Gasteiger partial charge in [0.25, 0.3) is 0 Å². The molecule has 0 radical (unpaired) electrons. The molecule has 1 aromatic rings. The van der Waals surface area contributed by atoms with E-state index in [9.17, 15) is 10.5 Å². The van der Waals surface area contributed by atoms with E-state index in [2.05, 4.69) is 30.1 Å². The summed E-state index contributed by atoms with van der Waals surface area (Å²) < 4.78 is 0. The predicted molar refractivity (Wildman–Crippen MR) is 70.8 cm³/mol. The highest BCUT2D eigenvalue weighted by Gasteiger charge is 2.30. The molecule has 3 N–H and O–H groups in total. The van der Waals surface area contributed by atoms with E-state index in [0.717, 1.165) is 5.56 Å². The minimum Gasteiger partial charge on any atom is -0.384 e. The molecule has 1 aliphatic heterocycles. The zero-order valence-electron chi connectivity index (χ0n) is 9.38. The zero-order valence-corrected chi connectivity index (χ0v) is 10.3. The Morgan fingerprint density at radius 3 is 2.28 bits per heavy atom. The van der Waals surface area contributed by atoms with Crippen molar-refractivity contribution >= 4 is 12.6 Å². The molecule has 0 saturated carbocycles. The summed E-state index contributed by atoms with van der Waals surface area (Å²) in [5.74, 6) is -0.203. The van der Waals surface area contributed by atoms with Crippen LogP contribution in [0.25, 0.3) is 0 Å². The highest BCUT2D eigenvalue weighted by Crippen LogP contribution is 2.36. The van der Waals surface area contributed by atoms with Gasteiger partial charge in [0, 0.05) is 0 Å². The largest absolute Gasteiger partial charge is 0.384 e. The molecule has 4 nitrogen and oxygen atoms in total. The molecular weight excluding hydrogens is 244 g/mol. The Balaban J connectivity index is 2.62. The van der Waals surface area contributed by atoms with Crippen molar-refractivity contribution in [2.45, 2.75) is 5.92 Å². The fourth-order valence-electron chi connectivity index (χ4n) is 1.92. The number of hydrogen-bond donors (Lipinski definition) is 3. The highest BCUT2D eigenvalue weighted by atomic mass is 32.1. The van der Waals surface area contributed by atoms with Crippen LogP contribution in [0.1, 0.15) is 11.5 Å². The van der Waals surface area contributed by atoms with Crippen LogP contribution in [0.15, 0.2) is 52.3 Å². The Bertz CT molecular complexity index is 581. The minimum atomic E-state index is -0.449. The fourth-order valence-corrected chi connectivity index (χ4v) is 2.22. The summed E-state index contributed by atoms with van der Waals surface area (Å²) in [6.45, 7) is 0. The molecule has 0 saturated heterocycles. The summed E-state index contributed by atoms with van der Waals surface area (Å²) in [6, 6.07) is 13.5. The van der Waals surface area contributed by atoms with Crippen molar-refractivity contribution in [1.29, 1.82) is 10.5 Å². The van der Waals surface area contributed by atoms with Gasteiger partial charge in [0.15, 0.2) is 0 Å². The molecular formula is C13H10N4S. The molecule has 0 fully saturated rings. The van der Waals surface area contributed by atoms with Crippen LogP contribution in [0.3, 0.4) is 0 Å². The third-order valence-electron chi connectivity index (χ3n) is 2.75. The first-order valence-corrected chi connectivity index (χ1v) is 5.68. The molecule has 1 aliphatic rings. The van der Waals surface area contributed by atoms with Gasteiger partial charge < -0.3 is 11.1 Å². The van der Waals surface area contributed by atoms with Crippen LogP contribution >= 0.6 is 12.6 Å². The lowest BCUT2D eigenvalue weighted by Crippen LogP contribution is -2.28. The molecule has 1 aromatic carbocycles. The van der Waals surface area contributed by atoms with Gasteiger partial charge in [-0.1, -0.05) is 30.3 Å². The van der Waals surface area contributed by atoms with Gasteiger partial charge in [0.2, 0.25) is 0 Å². The van der Waals surface area contributed by atoms with Crippen LogP contribution in [-0.2, 0) is 0 Å². The van der Waals surface area contributed by atoms with E-state index in [1.165, 1.54) is 0 Å². The average molecular weight is 254 g/mol. The van der Waals surface area contributed by atoms with Gasteiger partial charge >= 0.3 is 0 Å². The van der Waals surface area contributed by atoms with E-state index in [1.54, 1.807) is 0 Å². The van der Waals surface area contributed by atoms with E-state index >= 15 is 0 Å². The molecule has 2 rings (SSSR count). The molecule has 0 amide bonds. The first kappa shape index (κ1) is 12.1. The lowest BCUT2D eigenvalue weighted by molar-refractivity contribution is 0.841. The lowest BCUT2D eigenvalue weighted by Gasteiger charge is -2.24. The molecule has 0 aromatic heterocycles. The highest BCUT2D eigenvalue weighted by molar-refractivity contribution is 7.84. The number of rotatable bonds is 1. The molecule has 1 atom stereocenters. The number of dihydropyridines is 1. The Labute approximate surface area is 110 Å². The summed E-state index contributed by atoms with van der Waals surface area (Å²) in [7, 11) is 0. The number of allylic oxidation sites excluding steroid dienone is 2. The number of nitrogens with zero attached hydrogens (tertiary/aromatic N) is 2. The number of benzene rings is 1. The van der Waals surface area contributed by atoms with Crippen LogP contribution in [-0.4, -0.2) is 0 Å². The SMILES string of the molecule is N#CC1=C(N)NC(S)=C(C#N)C1c1ccccc1. The van der Waals surface area contributed by atoms with E-state index < -0.39 is 5.92 Å². The summed E-state index contributed by atoms with van der Waals surface area (Å²) in [5.41, 5.74) is 7.37. The number of nitrogens with two attached hydrogens (primary N) is 1. The molecule has 1 heterocycles. The Morgan fingerprint density at radius 2 is 1.72 bits per heavy atom. The van der Waals surface area contributed by atoms with E-state index in [-0.39, 0.29) is 5.82 Å².